The summed E-state index contributed by atoms with van der Waals surface area (Å²) < 4.78 is 33.8. The molecule has 0 saturated carbocycles. The molecular formula is C24H20ClF2NO4S. The van der Waals surface area contributed by atoms with Crippen molar-refractivity contribution < 1.29 is 28.2 Å². The summed E-state index contributed by atoms with van der Waals surface area (Å²) >= 11 is 6.74. The van der Waals surface area contributed by atoms with Crippen LogP contribution in [0.4, 0.5) is 14.5 Å². The SMILES string of the molecule is CCCC=C(Oc1c(C)cccc1F)C(=O)Nc1csc(-c2ccc(Cl)c(F)c2)c1C(=O)O. The molecule has 0 radical (unpaired) electrons. The van der Waals surface area contributed by atoms with Crippen LogP contribution in [-0.4, -0.2) is 17.0 Å². The molecule has 0 atom stereocenters. The van der Waals surface area contributed by atoms with Crippen LogP contribution in [0.5, 0.6) is 5.75 Å². The smallest absolute Gasteiger partial charge is 0.339 e. The van der Waals surface area contributed by atoms with E-state index in [0.29, 0.717) is 24.0 Å². The molecule has 0 bridgehead atoms. The average molecular weight is 492 g/mol. The summed E-state index contributed by atoms with van der Waals surface area (Å²) in [4.78, 5) is 25.2. The van der Waals surface area contributed by atoms with Gasteiger partial charge in [0.05, 0.1) is 15.6 Å². The third-order valence-electron chi connectivity index (χ3n) is 4.65. The molecule has 3 aromatic rings. The Morgan fingerprint density at radius 1 is 1.21 bits per heavy atom. The number of aryl methyl sites for hydroxylation is 1. The van der Waals surface area contributed by atoms with E-state index in [1.54, 1.807) is 13.0 Å². The predicted molar refractivity (Wildman–Crippen MR) is 125 cm³/mol. The Bertz CT molecular complexity index is 1220. The summed E-state index contributed by atoms with van der Waals surface area (Å²) in [6.07, 6.45) is 2.71. The van der Waals surface area contributed by atoms with Gasteiger partial charge in [-0.3, -0.25) is 4.79 Å². The van der Waals surface area contributed by atoms with Crippen LogP contribution in [0.15, 0.2) is 53.6 Å². The van der Waals surface area contributed by atoms with Crippen LogP contribution in [0.25, 0.3) is 10.4 Å². The van der Waals surface area contributed by atoms with Gasteiger partial charge >= 0.3 is 5.97 Å². The Kier molecular flexibility index (Phi) is 7.84. The molecule has 0 unspecified atom stereocenters. The number of amides is 1. The van der Waals surface area contributed by atoms with Gasteiger partial charge in [0.1, 0.15) is 11.4 Å². The molecule has 9 heteroatoms. The van der Waals surface area contributed by atoms with Crippen LogP contribution < -0.4 is 10.1 Å². The number of unbranched alkanes of at least 4 members (excludes halogenated alkanes) is 1. The number of rotatable bonds is 8. The molecule has 3 rings (SSSR count). The maximum atomic E-state index is 14.2. The number of nitrogens with one attached hydrogen (secondary N) is 1. The van der Waals surface area contributed by atoms with E-state index in [-0.39, 0.29) is 32.7 Å². The third kappa shape index (κ3) is 5.58. The zero-order chi connectivity index (χ0) is 24.1. The summed E-state index contributed by atoms with van der Waals surface area (Å²) in [6.45, 7) is 3.55. The summed E-state index contributed by atoms with van der Waals surface area (Å²) in [5, 5.41) is 13.6. The number of carbonyl (C=O) groups is 2. The van der Waals surface area contributed by atoms with Crippen molar-refractivity contribution in [3.8, 4) is 16.2 Å². The predicted octanol–water partition coefficient (Wildman–Crippen LogP) is 7.05. The van der Waals surface area contributed by atoms with Crippen LogP contribution in [0.2, 0.25) is 5.02 Å². The quantitative estimate of drug-likeness (QED) is 0.261. The zero-order valence-corrected chi connectivity index (χ0v) is 19.3. The number of halogens is 3. The first-order valence-corrected chi connectivity index (χ1v) is 11.2. The topological polar surface area (TPSA) is 75.6 Å². The van der Waals surface area contributed by atoms with Crippen molar-refractivity contribution in [2.45, 2.75) is 26.7 Å². The van der Waals surface area contributed by atoms with E-state index in [1.165, 1.54) is 35.7 Å². The minimum atomic E-state index is -1.30. The molecule has 1 aromatic heterocycles. The van der Waals surface area contributed by atoms with E-state index < -0.39 is 23.5 Å². The van der Waals surface area contributed by atoms with Crippen molar-refractivity contribution >= 4 is 40.5 Å². The minimum absolute atomic E-state index is 0.0131. The highest BCUT2D eigenvalue weighted by molar-refractivity contribution is 7.14. The van der Waals surface area contributed by atoms with E-state index in [9.17, 15) is 23.5 Å². The highest BCUT2D eigenvalue weighted by Crippen LogP contribution is 2.37. The van der Waals surface area contributed by atoms with Gasteiger partial charge < -0.3 is 15.2 Å². The average Bonchev–Trinajstić information content (AvgIpc) is 3.18. The number of anilines is 1. The van der Waals surface area contributed by atoms with E-state index in [4.69, 9.17) is 16.3 Å². The molecular weight excluding hydrogens is 472 g/mol. The molecule has 0 saturated heterocycles. The number of allylic oxidation sites excluding steroid dienone is 1. The maximum absolute atomic E-state index is 14.2. The van der Waals surface area contributed by atoms with Gasteiger partial charge in [0, 0.05) is 5.38 Å². The first-order chi connectivity index (χ1) is 15.7. The highest BCUT2D eigenvalue weighted by atomic mass is 35.5. The summed E-state index contributed by atoms with van der Waals surface area (Å²) in [7, 11) is 0. The Hall–Kier alpha value is -3.23. The fraction of sp³-hybridized carbons (Fsp3) is 0.167. The van der Waals surface area contributed by atoms with Gasteiger partial charge in [-0.25, -0.2) is 13.6 Å². The van der Waals surface area contributed by atoms with Crippen molar-refractivity contribution in [3.63, 3.8) is 0 Å². The van der Waals surface area contributed by atoms with Gasteiger partial charge in [0.2, 0.25) is 0 Å². The molecule has 33 heavy (non-hydrogen) atoms. The second-order valence-electron chi connectivity index (χ2n) is 7.09. The first kappa shape index (κ1) is 24.4. The lowest BCUT2D eigenvalue weighted by Gasteiger charge is -2.13. The van der Waals surface area contributed by atoms with E-state index in [2.05, 4.69) is 5.32 Å². The number of hydrogen-bond acceptors (Lipinski definition) is 4. The van der Waals surface area contributed by atoms with E-state index in [1.807, 2.05) is 6.92 Å². The van der Waals surface area contributed by atoms with Gasteiger partial charge in [-0.2, -0.15) is 0 Å². The fourth-order valence-electron chi connectivity index (χ4n) is 3.01. The van der Waals surface area contributed by atoms with Crippen LogP contribution in [0, 0.1) is 18.6 Å². The number of thiophene rings is 1. The Morgan fingerprint density at radius 3 is 2.61 bits per heavy atom. The lowest BCUT2D eigenvalue weighted by molar-refractivity contribution is -0.114. The summed E-state index contributed by atoms with van der Waals surface area (Å²) in [5.74, 6) is -3.60. The monoisotopic (exact) mass is 491 g/mol. The number of aromatic carboxylic acids is 1. The Balaban J connectivity index is 1.94. The molecule has 2 aromatic carbocycles. The van der Waals surface area contributed by atoms with Crippen molar-refractivity contribution in [3.05, 3.63) is 81.4 Å². The minimum Gasteiger partial charge on any atom is -0.478 e. The van der Waals surface area contributed by atoms with E-state index in [0.717, 1.165) is 17.4 Å². The molecule has 0 aliphatic rings. The number of carboxylic acid groups (broad SMARTS) is 1. The third-order valence-corrected chi connectivity index (χ3v) is 5.99. The van der Waals surface area contributed by atoms with Crippen molar-refractivity contribution in [2.75, 3.05) is 5.32 Å². The number of para-hydroxylation sites is 1. The van der Waals surface area contributed by atoms with Crippen LogP contribution in [0.3, 0.4) is 0 Å². The van der Waals surface area contributed by atoms with Crippen molar-refractivity contribution in [1.82, 2.24) is 0 Å². The van der Waals surface area contributed by atoms with Gasteiger partial charge in [0.25, 0.3) is 5.91 Å². The molecule has 172 valence electrons. The van der Waals surface area contributed by atoms with Gasteiger partial charge in [0.15, 0.2) is 17.3 Å². The fourth-order valence-corrected chi connectivity index (χ4v) is 4.12. The molecule has 0 fully saturated rings. The second-order valence-corrected chi connectivity index (χ2v) is 8.37. The van der Waals surface area contributed by atoms with Gasteiger partial charge in [-0.1, -0.05) is 43.1 Å². The number of benzene rings is 2. The molecule has 1 amide bonds. The number of carboxylic acids is 1. The lowest BCUT2D eigenvalue weighted by Crippen LogP contribution is -2.20. The standard InChI is InChI=1S/C24H20ClF2NO4S/c1-3-4-8-19(32-21-13(2)6-5-7-16(21)26)23(29)28-18-12-33-22(20(18)24(30)31)14-9-10-15(25)17(27)11-14/h5-12H,3-4H2,1-2H3,(H,28,29)(H,30,31). The van der Waals surface area contributed by atoms with Gasteiger partial charge in [-0.15, -0.1) is 11.3 Å². The second kappa shape index (κ2) is 10.6. The largest absolute Gasteiger partial charge is 0.478 e. The van der Waals surface area contributed by atoms with Crippen molar-refractivity contribution in [2.24, 2.45) is 0 Å². The van der Waals surface area contributed by atoms with E-state index >= 15 is 0 Å². The molecule has 0 spiro atoms. The normalized spacial score (nSPS) is 11.4. The molecule has 5 nitrogen and oxygen atoms in total. The first-order valence-electron chi connectivity index (χ1n) is 9.97. The highest BCUT2D eigenvalue weighted by Gasteiger charge is 2.24. The summed E-state index contributed by atoms with van der Waals surface area (Å²) in [6, 6.07) is 8.34. The van der Waals surface area contributed by atoms with Gasteiger partial charge in [-0.05, 0) is 48.7 Å². The van der Waals surface area contributed by atoms with Crippen LogP contribution in [0.1, 0.15) is 35.7 Å². The number of hydrogen-bond donors (Lipinski definition) is 2. The maximum Gasteiger partial charge on any atom is 0.339 e. The molecule has 0 aliphatic carbocycles. The van der Waals surface area contributed by atoms with Crippen LogP contribution in [-0.2, 0) is 4.79 Å². The summed E-state index contributed by atoms with van der Waals surface area (Å²) in [5.41, 5.74) is 0.616. The Labute approximate surface area is 198 Å². The molecule has 0 aliphatic heterocycles. The molecule has 1 heterocycles. The lowest BCUT2D eigenvalue weighted by atomic mass is 10.1. The molecule has 2 N–H and O–H groups in total. The number of carbonyl (C=O) groups excluding carboxylic acids is 1. The Morgan fingerprint density at radius 2 is 1.97 bits per heavy atom. The number of ether oxygens (including phenoxy) is 1. The van der Waals surface area contributed by atoms with Crippen LogP contribution >= 0.6 is 22.9 Å². The van der Waals surface area contributed by atoms with Crippen molar-refractivity contribution in [1.29, 1.82) is 0 Å². The zero-order valence-electron chi connectivity index (χ0n) is 17.7.